The van der Waals surface area contributed by atoms with Gasteiger partial charge in [0, 0.05) is 0 Å². The van der Waals surface area contributed by atoms with Gasteiger partial charge in [-0.1, -0.05) is 29.9 Å². The standard InChI is InChI=1S/C9H12/c1-3-4-9-6-5-8(2)7-9/h3-6H,7H2,1-2H3/b4-3+. The molecule has 0 aromatic heterocycles. The van der Waals surface area contributed by atoms with Crippen LogP contribution in [-0.4, -0.2) is 0 Å². The zero-order valence-corrected chi connectivity index (χ0v) is 6.02. The van der Waals surface area contributed by atoms with E-state index in [1.165, 1.54) is 11.1 Å². The van der Waals surface area contributed by atoms with Crippen LogP contribution >= 0.6 is 0 Å². The zero-order chi connectivity index (χ0) is 6.69. The third-order valence-corrected chi connectivity index (χ3v) is 1.45. The lowest BCUT2D eigenvalue weighted by molar-refractivity contribution is 1.19. The van der Waals surface area contributed by atoms with Crippen molar-refractivity contribution in [2.45, 2.75) is 20.3 Å². The predicted octanol–water partition coefficient (Wildman–Crippen LogP) is 2.84. The van der Waals surface area contributed by atoms with Crippen LogP contribution in [-0.2, 0) is 0 Å². The quantitative estimate of drug-likeness (QED) is 0.499. The van der Waals surface area contributed by atoms with E-state index < -0.39 is 0 Å². The van der Waals surface area contributed by atoms with E-state index in [0.29, 0.717) is 0 Å². The van der Waals surface area contributed by atoms with Crippen LogP contribution in [0.2, 0.25) is 0 Å². The predicted molar refractivity (Wildman–Crippen MR) is 41.3 cm³/mol. The molecule has 0 spiro atoms. The van der Waals surface area contributed by atoms with Crippen LogP contribution in [0, 0.1) is 0 Å². The average Bonchev–Trinajstić information content (AvgIpc) is 2.17. The van der Waals surface area contributed by atoms with Crippen LogP contribution in [0.1, 0.15) is 20.3 Å². The van der Waals surface area contributed by atoms with E-state index in [9.17, 15) is 0 Å². The molecule has 0 aliphatic heterocycles. The normalized spacial score (nSPS) is 18.4. The summed E-state index contributed by atoms with van der Waals surface area (Å²) >= 11 is 0. The minimum absolute atomic E-state index is 1.14. The summed E-state index contributed by atoms with van der Waals surface area (Å²) in [6.45, 7) is 4.21. The molecular weight excluding hydrogens is 108 g/mol. The minimum atomic E-state index is 1.14. The topological polar surface area (TPSA) is 0 Å². The van der Waals surface area contributed by atoms with Gasteiger partial charge in [-0.3, -0.25) is 0 Å². The number of allylic oxidation sites excluding steroid dienone is 6. The first-order chi connectivity index (χ1) is 4.33. The summed E-state index contributed by atoms with van der Waals surface area (Å²) in [5.41, 5.74) is 2.89. The summed E-state index contributed by atoms with van der Waals surface area (Å²) in [5, 5.41) is 0. The van der Waals surface area contributed by atoms with Crippen molar-refractivity contribution in [2.24, 2.45) is 0 Å². The van der Waals surface area contributed by atoms with Gasteiger partial charge in [-0.25, -0.2) is 0 Å². The Hall–Kier alpha value is -0.780. The minimum Gasteiger partial charge on any atom is -0.0874 e. The molecule has 1 aliphatic carbocycles. The molecule has 48 valence electrons. The summed E-state index contributed by atoms with van der Waals surface area (Å²) in [5.74, 6) is 0. The maximum absolute atomic E-state index is 2.18. The summed E-state index contributed by atoms with van der Waals surface area (Å²) in [4.78, 5) is 0. The summed E-state index contributed by atoms with van der Waals surface area (Å²) < 4.78 is 0. The van der Waals surface area contributed by atoms with Gasteiger partial charge in [0.05, 0.1) is 0 Å². The van der Waals surface area contributed by atoms with Crippen LogP contribution in [0.15, 0.2) is 35.5 Å². The molecule has 0 atom stereocenters. The van der Waals surface area contributed by atoms with Crippen molar-refractivity contribution >= 4 is 0 Å². The Labute approximate surface area is 56.6 Å². The molecule has 1 rings (SSSR count). The molecule has 0 heteroatoms. The fourth-order valence-corrected chi connectivity index (χ4v) is 1.02. The zero-order valence-electron chi connectivity index (χ0n) is 6.02. The second kappa shape index (κ2) is 2.67. The van der Waals surface area contributed by atoms with Crippen molar-refractivity contribution in [1.82, 2.24) is 0 Å². The first-order valence-electron chi connectivity index (χ1n) is 3.32. The third-order valence-electron chi connectivity index (χ3n) is 1.45. The second-order valence-corrected chi connectivity index (χ2v) is 2.43. The Morgan fingerprint density at radius 3 is 2.67 bits per heavy atom. The van der Waals surface area contributed by atoms with Gasteiger partial charge in [0.1, 0.15) is 0 Å². The van der Waals surface area contributed by atoms with E-state index in [2.05, 4.69) is 38.2 Å². The van der Waals surface area contributed by atoms with Gasteiger partial charge in [-0.15, -0.1) is 0 Å². The SMILES string of the molecule is C/C=C/C1=CC=C(C)C1. The molecule has 0 fully saturated rings. The van der Waals surface area contributed by atoms with Crippen molar-refractivity contribution in [3.63, 3.8) is 0 Å². The lowest BCUT2D eigenvalue weighted by atomic mass is 10.2. The van der Waals surface area contributed by atoms with E-state index in [-0.39, 0.29) is 0 Å². The molecular formula is C9H12. The fourth-order valence-electron chi connectivity index (χ4n) is 1.02. The van der Waals surface area contributed by atoms with E-state index in [4.69, 9.17) is 0 Å². The smallest absolute Gasteiger partial charge is 0.00669 e. The number of hydrogen-bond donors (Lipinski definition) is 0. The van der Waals surface area contributed by atoms with Crippen LogP contribution in [0.5, 0.6) is 0 Å². The summed E-state index contributed by atoms with van der Waals surface area (Å²) in [6.07, 6.45) is 9.74. The van der Waals surface area contributed by atoms with E-state index in [0.717, 1.165) is 6.42 Å². The van der Waals surface area contributed by atoms with E-state index in [1.807, 2.05) is 0 Å². The molecule has 0 N–H and O–H groups in total. The fraction of sp³-hybridized carbons (Fsp3) is 0.333. The Kier molecular flexibility index (Phi) is 1.88. The lowest BCUT2D eigenvalue weighted by Gasteiger charge is -1.90. The van der Waals surface area contributed by atoms with Crippen molar-refractivity contribution in [2.75, 3.05) is 0 Å². The first kappa shape index (κ1) is 6.34. The summed E-state index contributed by atoms with van der Waals surface area (Å²) in [6, 6.07) is 0. The maximum Gasteiger partial charge on any atom is -0.00669 e. The van der Waals surface area contributed by atoms with Gasteiger partial charge in [0.2, 0.25) is 0 Å². The molecule has 0 radical (unpaired) electrons. The summed E-state index contributed by atoms with van der Waals surface area (Å²) in [7, 11) is 0. The van der Waals surface area contributed by atoms with Crippen LogP contribution in [0.3, 0.4) is 0 Å². The van der Waals surface area contributed by atoms with Crippen molar-refractivity contribution in [3.8, 4) is 0 Å². The van der Waals surface area contributed by atoms with Crippen LogP contribution in [0.4, 0.5) is 0 Å². The van der Waals surface area contributed by atoms with E-state index >= 15 is 0 Å². The van der Waals surface area contributed by atoms with Crippen LogP contribution < -0.4 is 0 Å². The Morgan fingerprint density at radius 1 is 1.44 bits per heavy atom. The van der Waals surface area contributed by atoms with Gasteiger partial charge in [-0.2, -0.15) is 0 Å². The molecule has 0 saturated heterocycles. The largest absolute Gasteiger partial charge is 0.0874 e. The molecule has 0 unspecified atom stereocenters. The Balaban J connectivity index is 2.54. The Morgan fingerprint density at radius 2 is 2.22 bits per heavy atom. The first-order valence-corrected chi connectivity index (χ1v) is 3.32. The van der Waals surface area contributed by atoms with Crippen molar-refractivity contribution < 1.29 is 0 Å². The highest BCUT2D eigenvalue weighted by atomic mass is 14.0. The second-order valence-electron chi connectivity index (χ2n) is 2.43. The van der Waals surface area contributed by atoms with Crippen molar-refractivity contribution in [3.05, 3.63) is 35.5 Å². The van der Waals surface area contributed by atoms with Gasteiger partial charge >= 0.3 is 0 Å². The van der Waals surface area contributed by atoms with E-state index in [1.54, 1.807) is 0 Å². The highest BCUT2D eigenvalue weighted by Gasteiger charge is 1.98. The number of hydrogen-bond acceptors (Lipinski definition) is 0. The van der Waals surface area contributed by atoms with Gasteiger partial charge in [0.25, 0.3) is 0 Å². The molecule has 0 bridgehead atoms. The molecule has 0 heterocycles. The van der Waals surface area contributed by atoms with Crippen molar-refractivity contribution in [1.29, 1.82) is 0 Å². The Bertz CT molecular complexity index is 180. The van der Waals surface area contributed by atoms with Crippen LogP contribution in [0.25, 0.3) is 0 Å². The molecule has 0 aromatic rings. The number of rotatable bonds is 1. The highest BCUT2D eigenvalue weighted by Crippen LogP contribution is 2.18. The molecule has 9 heavy (non-hydrogen) atoms. The molecule has 0 amide bonds. The van der Waals surface area contributed by atoms with Gasteiger partial charge < -0.3 is 0 Å². The molecule has 1 aliphatic rings. The lowest BCUT2D eigenvalue weighted by Crippen LogP contribution is -1.71. The molecule has 0 aromatic carbocycles. The maximum atomic E-state index is 2.18. The monoisotopic (exact) mass is 120 g/mol. The third kappa shape index (κ3) is 1.56. The highest BCUT2D eigenvalue weighted by molar-refractivity contribution is 5.35. The van der Waals surface area contributed by atoms with Gasteiger partial charge in [-0.05, 0) is 25.8 Å². The average molecular weight is 120 g/mol. The molecule has 0 saturated carbocycles. The molecule has 0 nitrogen and oxygen atoms in total. The van der Waals surface area contributed by atoms with Gasteiger partial charge in [0.15, 0.2) is 0 Å².